The molecule has 0 saturated carbocycles. The number of rotatable bonds is 16. The molecule has 0 spiro atoms. The molecule has 3 rings (SSSR count). The van der Waals surface area contributed by atoms with Crippen LogP contribution in [0.15, 0.2) is 91.0 Å². The van der Waals surface area contributed by atoms with Crippen LogP contribution in [0.2, 0.25) is 0 Å². The normalized spacial score (nSPS) is 10.1. The van der Waals surface area contributed by atoms with E-state index >= 15 is 0 Å². The van der Waals surface area contributed by atoms with E-state index in [9.17, 15) is 14.4 Å². The zero-order valence-corrected chi connectivity index (χ0v) is 28.5. The zero-order valence-electron chi connectivity index (χ0n) is 28.5. The molecule has 12 heteroatoms. The molecule has 0 aliphatic carbocycles. The summed E-state index contributed by atoms with van der Waals surface area (Å²) in [6.45, 7) is 2.98. The van der Waals surface area contributed by atoms with Crippen molar-refractivity contribution in [3.05, 3.63) is 91.0 Å². The summed E-state index contributed by atoms with van der Waals surface area (Å²) >= 11 is 0. The molecule has 0 aliphatic heterocycles. The highest BCUT2D eigenvalue weighted by molar-refractivity contribution is 5.68. The number of para-hydroxylation sites is 3. The standard InChI is InChI=1S/3C10H13NO2.C6H14O3/c3*1-11(8-7-10(12)13)9-5-3-2-4-6-9;1-2-6(3-7,4-8)5-9/h3*2-6H,7-8H2,1H3,(H,12,13);7-9H,2-5H2,1H3. The molecule has 266 valence electrons. The van der Waals surface area contributed by atoms with E-state index in [0.29, 0.717) is 26.1 Å². The van der Waals surface area contributed by atoms with Crippen molar-refractivity contribution >= 4 is 35.0 Å². The molecule has 12 nitrogen and oxygen atoms in total. The van der Waals surface area contributed by atoms with Gasteiger partial charge >= 0.3 is 17.9 Å². The van der Waals surface area contributed by atoms with Crippen LogP contribution < -0.4 is 14.7 Å². The van der Waals surface area contributed by atoms with Gasteiger partial charge in [-0.15, -0.1) is 0 Å². The molecule has 0 amide bonds. The monoisotopic (exact) mass is 671 g/mol. The molecule has 48 heavy (non-hydrogen) atoms. The zero-order chi connectivity index (χ0) is 36.4. The number of carboxylic acids is 3. The molecule has 0 aliphatic rings. The summed E-state index contributed by atoms with van der Waals surface area (Å²) in [5.74, 6) is -2.28. The van der Waals surface area contributed by atoms with Gasteiger partial charge in [-0.25, -0.2) is 0 Å². The first kappa shape index (κ1) is 43.4. The van der Waals surface area contributed by atoms with Gasteiger partial charge in [0.25, 0.3) is 0 Å². The molecule has 3 aromatic carbocycles. The molecule has 0 fully saturated rings. The third-order valence-corrected chi connectivity index (χ3v) is 7.33. The van der Waals surface area contributed by atoms with Crippen molar-refractivity contribution in [2.45, 2.75) is 32.6 Å². The highest BCUT2D eigenvalue weighted by Crippen LogP contribution is 2.18. The molecule has 0 unspecified atom stereocenters. The van der Waals surface area contributed by atoms with E-state index in [-0.39, 0.29) is 39.1 Å². The van der Waals surface area contributed by atoms with E-state index in [1.165, 1.54) is 0 Å². The number of hydrogen-bond acceptors (Lipinski definition) is 9. The van der Waals surface area contributed by atoms with Crippen LogP contribution in [0.3, 0.4) is 0 Å². The summed E-state index contributed by atoms with van der Waals surface area (Å²) < 4.78 is 0. The fourth-order valence-corrected chi connectivity index (χ4v) is 3.71. The van der Waals surface area contributed by atoms with E-state index < -0.39 is 23.3 Å². The van der Waals surface area contributed by atoms with E-state index in [0.717, 1.165) is 17.1 Å². The number of benzene rings is 3. The average Bonchev–Trinajstić information content (AvgIpc) is 3.11. The number of aliphatic hydroxyl groups excluding tert-OH is 3. The van der Waals surface area contributed by atoms with Crippen LogP contribution in [0, 0.1) is 5.41 Å². The van der Waals surface area contributed by atoms with Crippen LogP contribution in [0.5, 0.6) is 0 Å². The Morgan fingerprint density at radius 1 is 0.500 bits per heavy atom. The van der Waals surface area contributed by atoms with E-state index in [1.807, 2.05) is 134 Å². The molecular weight excluding hydrogens is 618 g/mol. The van der Waals surface area contributed by atoms with Gasteiger partial charge in [0.05, 0.1) is 39.1 Å². The van der Waals surface area contributed by atoms with Gasteiger partial charge in [-0.05, 0) is 42.8 Å². The minimum absolute atomic E-state index is 0.156. The maximum Gasteiger partial charge on any atom is 0.305 e. The van der Waals surface area contributed by atoms with Gasteiger partial charge in [0.2, 0.25) is 0 Å². The van der Waals surface area contributed by atoms with Crippen LogP contribution in [0.4, 0.5) is 17.1 Å². The minimum Gasteiger partial charge on any atom is -0.481 e. The Labute approximate surface area is 284 Å². The Kier molecular flexibility index (Phi) is 23.0. The number of hydrogen-bond donors (Lipinski definition) is 6. The summed E-state index contributed by atoms with van der Waals surface area (Å²) in [5.41, 5.74) is 2.47. The molecule has 0 heterocycles. The number of carboxylic acid groups (broad SMARTS) is 3. The lowest BCUT2D eigenvalue weighted by Crippen LogP contribution is -2.32. The fraction of sp³-hybridized carbons (Fsp3) is 0.417. The Morgan fingerprint density at radius 2 is 0.729 bits per heavy atom. The van der Waals surface area contributed by atoms with Crippen LogP contribution in [-0.2, 0) is 14.4 Å². The van der Waals surface area contributed by atoms with E-state index in [2.05, 4.69) is 0 Å². The van der Waals surface area contributed by atoms with Crippen molar-refractivity contribution in [3.8, 4) is 0 Å². The summed E-state index contributed by atoms with van der Waals surface area (Å²) in [4.78, 5) is 36.7. The van der Waals surface area contributed by atoms with Crippen LogP contribution >= 0.6 is 0 Å². The summed E-state index contributed by atoms with van der Waals surface area (Å²) in [6, 6.07) is 29.2. The number of nitrogens with zero attached hydrogens (tertiary/aromatic N) is 3. The van der Waals surface area contributed by atoms with Gasteiger partial charge < -0.3 is 45.3 Å². The van der Waals surface area contributed by atoms with E-state index in [1.54, 1.807) is 0 Å². The number of aliphatic hydroxyl groups is 3. The minimum atomic E-state index is -0.761. The Balaban J connectivity index is 0.000000620. The fourth-order valence-electron chi connectivity index (χ4n) is 3.71. The predicted molar refractivity (Wildman–Crippen MR) is 190 cm³/mol. The van der Waals surface area contributed by atoms with Crippen molar-refractivity contribution in [1.82, 2.24) is 0 Å². The second-order valence-electron chi connectivity index (χ2n) is 11.0. The van der Waals surface area contributed by atoms with Gasteiger partial charge in [0.15, 0.2) is 0 Å². The number of carbonyl (C=O) groups is 3. The third kappa shape index (κ3) is 19.8. The molecule has 3 aromatic rings. The first-order valence-electron chi connectivity index (χ1n) is 15.6. The second kappa shape index (κ2) is 25.4. The number of anilines is 3. The average molecular weight is 672 g/mol. The van der Waals surface area contributed by atoms with Gasteiger partial charge in [-0.3, -0.25) is 14.4 Å². The molecular formula is C36H53N3O9. The quantitative estimate of drug-likeness (QED) is 0.128. The Bertz CT molecular complexity index is 1100. The lowest BCUT2D eigenvalue weighted by atomic mass is 9.88. The lowest BCUT2D eigenvalue weighted by molar-refractivity contribution is -0.137. The van der Waals surface area contributed by atoms with Crippen molar-refractivity contribution in [1.29, 1.82) is 0 Å². The maximum atomic E-state index is 10.3. The highest BCUT2D eigenvalue weighted by Gasteiger charge is 2.24. The molecule has 0 aromatic heterocycles. The summed E-state index contributed by atoms with van der Waals surface area (Å²) in [7, 11) is 5.66. The highest BCUT2D eigenvalue weighted by atomic mass is 16.4. The Morgan fingerprint density at radius 3 is 0.875 bits per heavy atom. The lowest BCUT2D eigenvalue weighted by Gasteiger charge is -2.24. The van der Waals surface area contributed by atoms with Gasteiger partial charge in [-0.2, -0.15) is 0 Å². The maximum absolute atomic E-state index is 10.3. The van der Waals surface area contributed by atoms with Gasteiger partial charge in [-0.1, -0.05) is 61.5 Å². The topological polar surface area (TPSA) is 182 Å². The molecule has 0 atom stereocenters. The van der Waals surface area contributed by atoms with Crippen molar-refractivity contribution in [2.24, 2.45) is 5.41 Å². The first-order valence-corrected chi connectivity index (χ1v) is 15.6. The van der Waals surface area contributed by atoms with Crippen LogP contribution in [0.25, 0.3) is 0 Å². The van der Waals surface area contributed by atoms with Crippen LogP contribution in [0.1, 0.15) is 32.6 Å². The molecule has 0 saturated heterocycles. The van der Waals surface area contributed by atoms with Crippen molar-refractivity contribution < 1.29 is 45.0 Å². The largest absolute Gasteiger partial charge is 0.481 e. The summed E-state index contributed by atoms with van der Waals surface area (Å²) in [6.07, 6.45) is 1.11. The molecule has 0 bridgehead atoms. The molecule has 0 radical (unpaired) electrons. The predicted octanol–water partition coefficient (Wildman–Crippen LogP) is 4.15. The van der Waals surface area contributed by atoms with Gasteiger partial charge in [0, 0.05) is 63.3 Å². The number of aliphatic carboxylic acids is 3. The first-order chi connectivity index (χ1) is 22.8. The second-order valence-corrected chi connectivity index (χ2v) is 11.0. The van der Waals surface area contributed by atoms with Crippen molar-refractivity contribution in [2.75, 3.05) is 75.3 Å². The smallest absolute Gasteiger partial charge is 0.305 e. The van der Waals surface area contributed by atoms with E-state index in [4.69, 9.17) is 30.6 Å². The van der Waals surface area contributed by atoms with Gasteiger partial charge in [0.1, 0.15) is 0 Å². The SMILES string of the molecule is CCC(CO)(CO)CO.CN(CCC(=O)O)c1ccccc1.CN(CCC(=O)O)c1ccccc1.CN(CCC(=O)O)c1ccccc1. The molecule has 6 N–H and O–H groups in total. The third-order valence-electron chi connectivity index (χ3n) is 7.33. The van der Waals surface area contributed by atoms with Crippen LogP contribution in [-0.4, -0.2) is 109 Å². The summed E-state index contributed by atoms with van der Waals surface area (Å²) in [5, 5.41) is 51.4. The van der Waals surface area contributed by atoms with Crippen molar-refractivity contribution in [3.63, 3.8) is 0 Å². The Hall–Kier alpha value is -4.65.